The average molecular weight is 248 g/mol. The van der Waals surface area contributed by atoms with E-state index in [0.29, 0.717) is 18.2 Å². The molecule has 1 unspecified atom stereocenters. The summed E-state index contributed by atoms with van der Waals surface area (Å²) < 4.78 is 1.92. The van der Waals surface area contributed by atoms with Crippen LogP contribution in [0.15, 0.2) is 12.3 Å². The van der Waals surface area contributed by atoms with Crippen LogP contribution in [-0.2, 0) is 11.2 Å². The van der Waals surface area contributed by atoms with Gasteiger partial charge in [-0.05, 0) is 38.2 Å². The first-order chi connectivity index (χ1) is 8.40. The predicted octanol–water partition coefficient (Wildman–Crippen LogP) is 3.40. The second kappa shape index (κ2) is 4.87. The van der Waals surface area contributed by atoms with Crippen LogP contribution in [0.2, 0.25) is 0 Å². The first kappa shape index (κ1) is 13.3. The van der Waals surface area contributed by atoms with Gasteiger partial charge in [0.2, 0.25) is 0 Å². The van der Waals surface area contributed by atoms with E-state index in [0.717, 1.165) is 12.1 Å². The fourth-order valence-electron chi connectivity index (χ4n) is 2.98. The van der Waals surface area contributed by atoms with Crippen LogP contribution in [-0.4, -0.2) is 15.6 Å². The minimum absolute atomic E-state index is 0.178. The predicted molar refractivity (Wildman–Crippen MR) is 72.4 cm³/mol. The van der Waals surface area contributed by atoms with Crippen molar-refractivity contribution in [3.63, 3.8) is 0 Å². The average Bonchev–Trinajstić information content (AvgIpc) is 2.84. The molecule has 0 spiro atoms. The lowest BCUT2D eigenvalue weighted by Gasteiger charge is -2.25. The molecule has 3 heteroatoms. The van der Waals surface area contributed by atoms with Gasteiger partial charge in [-0.3, -0.25) is 9.48 Å². The summed E-state index contributed by atoms with van der Waals surface area (Å²) in [5.74, 6) is 0.591. The van der Waals surface area contributed by atoms with Crippen molar-refractivity contribution < 1.29 is 4.79 Å². The van der Waals surface area contributed by atoms with Crippen molar-refractivity contribution in [3.05, 3.63) is 18.0 Å². The summed E-state index contributed by atoms with van der Waals surface area (Å²) >= 11 is 0. The van der Waals surface area contributed by atoms with Gasteiger partial charge in [-0.25, -0.2) is 0 Å². The van der Waals surface area contributed by atoms with Crippen LogP contribution in [0.4, 0.5) is 0 Å². The van der Waals surface area contributed by atoms with Gasteiger partial charge in [0, 0.05) is 18.2 Å². The molecule has 0 saturated heterocycles. The largest absolute Gasteiger partial charge is 0.299 e. The van der Waals surface area contributed by atoms with Gasteiger partial charge in [0.15, 0.2) is 0 Å². The van der Waals surface area contributed by atoms with Crippen molar-refractivity contribution in [1.82, 2.24) is 9.78 Å². The molecule has 100 valence electrons. The molecule has 1 aliphatic rings. The molecule has 1 atom stereocenters. The topological polar surface area (TPSA) is 34.9 Å². The molecule has 3 nitrogen and oxygen atoms in total. The number of Topliss-reactive ketones (excluding diaryl/α,β-unsaturated/α-hetero) is 1. The molecular formula is C15H24N2O. The van der Waals surface area contributed by atoms with Crippen LogP contribution in [0.5, 0.6) is 0 Å². The van der Waals surface area contributed by atoms with E-state index >= 15 is 0 Å². The Labute approximate surface area is 110 Å². The van der Waals surface area contributed by atoms with E-state index in [4.69, 9.17) is 0 Å². The molecular weight excluding hydrogens is 224 g/mol. The third-order valence-electron chi connectivity index (χ3n) is 4.19. The SMILES string of the molecule is CC(C)n1ccc(CC(=O)C2CCCC2(C)C)n1. The summed E-state index contributed by atoms with van der Waals surface area (Å²) in [6, 6.07) is 2.33. The van der Waals surface area contributed by atoms with Gasteiger partial charge >= 0.3 is 0 Å². The smallest absolute Gasteiger partial charge is 0.142 e. The Morgan fingerprint density at radius 1 is 1.56 bits per heavy atom. The molecule has 0 radical (unpaired) electrons. The van der Waals surface area contributed by atoms with Crippen molar-refractivity contribution in [2.24, 2.45) is 11.3 Å². The van der Waals surface area contributed by atoms with Crippen LogP contribution < -0.4 is 0 Å². The maximum atomic E-state index is 12.4. The molecule has 0 bridgehead atoms. The summed E-state index contributed by atoms with van der Waals surface area (Å²) in [5, 5.41) is 4.46. The Bertz CT molecular complexity index is 431. The summed E-state index contributed by atoms with van der Waals surface area (Å²) in [5.41, 5.74) is 1.09. The van der Waals surface area contributed by atoms with Crippen LogP contribution in [0.3, 0.4) is 0 Å². The van der Waals surface area contributed by atoms with Gasteiger partial charge in [0.25, 0.3) is 0 Å². The Morgan fingerprint density at radius 2 is 2.28 bits per heavy atom. The monoisotopic (exact) mass is 248 g/mol. The molecule has 1 aliphatic carbocycles. The molecule has 0 aliphatic heterocycles. The van der Waals surface area contributed by atoms with Crippen LogP contribution in [0.25, 0.3) is 0 Å². The highest BCUT2D eigenvalue weighted by Gasteiger charge is 2.38. The minimum Gasteiger partial charge on any atom is -0.299 e. The Hall–Kier alpha value is -1.12. The lowest BCUT2D eigenvalue weighted by atomic mass is 9.78. The number of carbonyl (C=O) groups excluding carboxylic acids is 1. The lowest BCUT2D eigenvalue weighted by Crippen LogP contribution is -2.27. The second-order valence-corrected chi connectivity index (χ2v) is 6.46. The lowest BCUT2D eigenvalue weighted by molar-refractivity contribution is -0.124. The van der Waals surface area contributed by atoms with Crippen LogP contribution in [0, 0.1) is 11.3 Å². The fourth-order valence-corrected chi connectivity index (χ4v) is 2.98. The summed E-state index contributed by atoms with van der Waals surface area (Å²) in [7, 11) is 0. The summed E-state index contributed by atoms with van der Waals surface area (Å²) in [6.07, 6.45) is 5.87. The molecule has 0 N–H and O–H groups in total. The van der Waals surface area contributed by atoms with Gasteiger partial charge in [0.05, 0.1) is 12.1 Å². The van der Waals surface area contributed by atoms with Gasteiger partial charge in [0.1, 0.15) is 5.78 Å². The third-order valence-corrected chi connectivity index (χ3v) is 4.19. The van der Waals surface area contributed by atoms with Crippen molar-refractivity contribution in [3.8, 4) is 0 Å². The third kappa shape index (κ3) is 2.65. The maximum Gasteiger partial charge on any atom is 0.142 e. The van der Waals surface area contributed by atoms with Crippen molar-refractivity contribution in [2.45, 2.75) is 59.4 Å². The second-order valence-electron chi connectivity index (χ2n) is 6.46. The highest BCUT2D eigenvalue weighted by Crippen LogP contribution is 2.43. The molecule has 1 aromatic rings. The highest BCUT2D eigenvalue weighted by atomic mass is 16.1. The van der Waals surface area contributed by atoms with E-state index in [1.165, 1.54) is 12.8 Å². The minimum atomic E-state index is 0.178. The van der Waals surface area contributed by atoms with Gasteiger partial charge in [-0.1, -0.05) is 20.3 Å². The van der Waals surface area contributed by atoms with E-state index in [1.807, 2.05) is 16.9 Å². The zero-order valence-electron chi connectivity index (χ0n) is 11.9. The van der Waals surface area contributed by atoms with E-state index in [2.05, 4.69) is 32.8 Å². The van der Waals surface area contributed by atoms with Gasteiger partial charge in [-0.2, -0.15) is 5.10 Å². The van der Waals surface area contributed by atoms with E-state index in [1.54, 1.807) is 0 Å². The molecule has 1 saturated carbocycles. The van der Waals surface area contributed by atoms with E-state index in [-0.39, 0.29) is 11.3 Å². The fraction of sp³-hybridized carbons (Fsp3) is 0.733. The van der Waals surface area contributed by atoms with Crippen molar-refractivity contribution in [1.29, 1.82) is 0 Å². The van der Waals surface area contributed by atoms with E-state index < -0.39 is 0 Å². The zero-order valence-corrected chi connectivity index (χ0v) is 11.9. The van der Waals surface area contributed by atoms with Crippen molar-refractivity contribution in [2.75, 3.05) is 0 Å². The number of carbonyl (C=O) groups is 1. The molecule has 0 amide bonds. The Balaban J connectivity index is 2.02. The first-order valence-corrected chi connectivity index (χ1v) is 6.97. The molecule has 1 fully saturated rings. The Kier molecular flexibility index (Phi) is 3.60. The molecule has 2 rings (SSSR count). The first-order valence-electron chi connectivity index (χ1n) is 6.97. The summed E-state index contributed by atoms with van der Waals surface area (Å²) in [4.78, 5) is 12.4. The summed E-state index contributed by atoms with van der Waals surface area (Å²) in [6.45, 7) is 8.63. The maximum absolute atomic E-state index is 12.4. The number of rotatable bonds is 4. The molecule has 1 aromatic heterocycles. The van der Waals surface area contributed by atoms with E-state index in [9.17, 15) is 4.79 Å². The molecule has 18 heavy (non-hydrogen) atoms. The number of hydrogen-bond donors (Lipinski definition) is 0. The zero-order chi connectivity index (χ0) is 13.3. The quantitative estimate of drug-likeness (QED) is 0.818. The van der Waals surface area contributed by atoms with Gasteiger partial charge in [-0.15, -0.1) is 0 Å². The van der Waals surface area contributed by atoms with Gasteiger partial charge < -0.3 is 0 Å². The normalized spacial score (nSPS) is 22.6. The number of nitrogens with zero attached hydrogens (tertiary/aromatic N) is 2. The van der Waals surface area contributed by atoms with Crippen molar-refractivity contribution >= 4 is 5.78 Å². The number of hydrogen-bond acceptors (Lipinski definition) is 2. The van der Waals surface area contributed by atoms with Crippen LogP contribution >= 0.6 is 0 Å². The van der Waals surface area contributed by atoms with Crippen LogP contribution in [0.1, 0.15) is 58.7 Å². The molecule has 1 heterocycles. The number of aromatic nitrogens is 2. The molecule has 0 aromatic carbocycles. The standard InChI is InChI=1S/C15H24N2O/c1-11(2)17-9-7-12(16-17)10-14(18)13-6-5-8-15(13,3)4/h7,9,11,13H,5-6,8,10H2,1-4H3. The highest BCUT2D eigenvalue weighted by molar-refractivity contribution is 5.83. The number of ketones is 1. The Morgan fingerprint density at radius 3 is 2.78 bits per heavy atom.